The molecule has 0 saturated carbocycles. The summed E-state index contributed by atoms with van der Waals surface area (Å²) in [4.78, 5) is 0. The number of hydrogen-bond acceptors (Lipinski definition) is 1. The van der Waals surface area contributed by atoms with Gasteiger partial charge >= 0.3 is 0 Å². The predicted molar refractivity (Wildman–Crippen MR) is 83.7 cm³/mol. The molecule has 2 rings (SSSR count). The van der Waals surface area contributed by atoms with Crippen molar-refractivity contribution in [2.24, 2.45) is 0 Å². The van der Waals surface area contributed by atoms with E-state index in [1.165, 1.54) is 54.2 Å². The molecule has 18 heavy (non-hydrogen) atoms. The van der Waals surface area contributed by atoms with Crippen molar-refractivity contribution in [1.29, 1.82) is 0 Å². The zero-order valence-electron chi connectivity index (χ0n) is 11.7. The van der Waals surface area contributed by atoms with Gasteiger partial charge in [0.25, 0.3) is 0 Å². The molecule has 1 heterocycles. The molecule has 0 aliphatic heterocycles. The van der Waals surface area contributed by atoms with Crippen LogP contribution in [0.15, 0.2) is 23.6 Å². The molecular weight excluding hydrogens is 236 g/mol. The van der Waals surface area contributed by atoms with E-state index in [9.17, 15) is 0 Å². The summed E-state index contributed by atoms with van der Waals surface area (Å²) in [5, 5.41) is 3.72. The second-order valence-corrected chi connectivity index (χ2v) is 6.05. The highest BCUT2D eigenvalue weighted by Crippen LogP contribution is 2.27. The SMILES string of the molecule is CCCCCCCc1cc(CC)cc2sccc12. The summed E-state index contributed by atoms with van der Waals surface area (Å²) in [7, 11) is 0. The molecule has 0 nitrogen and oxygen atoms in total. The Labute approximate surface area is 115 Å². The van der Waals surface area contributed by atoms with Gasteiger partial charge in [0, 0.05) is 4.70 Å². The predicted octanol–water partition coefficient (Wildman–Crippen LogP) is 5.98. The minimum Gasteiger partial charge on any atom is -0.144 e. The van der Waals surface area contributed by atoms with Gasteiger partial charge in [-0.15, -0.1) is 11.3 Å². The van der Waals surface area contributed by atoms with Crippen molar-refractivity contribution < 1.29 is 0 Å². The molecule has 2 aromatic rings. The van der Waals surface area contributed by atoms with Crippen LogP contribution in [0.25, 0.3) is 10.1 Å². The first-order valence-corrected chi connectivity index (χ1v) is 8.22. The maximum atomic E-state index is 2.43. The fourth-order valence-corrected chi connectivity index (χ4v) is 3.44. The molecule has 0 bridgehead atoms. The van der Waals surface area contributed by atoms with Gasteiger partial charge in [-0.05, 0) is 53.3 Å². The summed E-state index contributed by atoms with van der Waals surface area (Å²) in [6, 6.07) is 7.08. The third-order valence-electron chi connectivity index (χ3n) is 3.68. The molecule has 0 saturated heterocycles. The van der Waals surface area contributed by atoms with Crippen LogP contribution in [-0.4, -0.2) is 0 Å². The Kier molecular flexibility index (Phi) is 5.25. The van der Waals surface area contributed by atoms with Crippen LogP contribution >= 0.6 is 11.3 Å². The van der Waals surface area contributed by atoms with E-state index >= 15 is 0 Å². The maximum Gasteiger partial charge on any atom is 0.0348 e. The Morgan fingerprint density at radius 1 is 1.00 bits per heavy atom. The van der Waals surface area contributed by atoms with Crippen LogP contribution in [0, 0.1) is 0 Å². The molecule has 0 unspecified atom stereocenters. The molecule has 0 amide bonds. The van der Waals surface area contributed by atoms with Crippen molar-refractivity contribution in [3.8, 4) is 0 Å². The van der Waals surface area contributed by atoms with E-state index < -0.39 is 0 Å². The summed E-state index contributed by atoms with van der Waals surface area (Å²) in [6.07, 6.45) is 9.26. The van der Waals surface area contributed by atoms with Crippen LogP contribution in [0.4, 0.5) is 0 Å². The Morgan fingerprint density at radius 3 is 2.61 bits per heavy atom. The normalized spacial score (nSPS) is 11.2. The van der Waals surface area contributed by atoms with Gasteiger partial charge in [0.15, 0.2) is 0 Å². The van der Waals surface area contributed by atoms with Gasteiger partial charge in [-0.1, -0.05) is 45.6 Å². The fraction of sp³-hybridized carbons (Fsp3) is 0.529. The van der Waals surface area contributed by atoms with Crippen LogP contribution in [0.5, 0.6) is 0 Å². The molecule has 1 heteroatoms. The van der Waals surface area contributed by atoms with Crippen LogP contribution in [0.2, 0.25) is 0 Å². The first kappa shape index (κ1) is 13.6. The van der Waals surface area contributed by atoms with Gasteiger partial charge in [0.1, 0.15) is 0 Å². The molecule has 0 spiro atoms. The first-order valence-electron chi connectivity index (χ1n) is 7.34. The van der Waals surface area contributed by atoms with E-state index in [2.05, 4.69) is 37.4 Å². The lowest BCUT2D eigenvalue weighted by Crippen LogP contribution is -1.90. The minimum absolute atomic E-state index is 1.15. The summed E-state index contributed by atoms with van der Waals surface area (Å²) in [6.45, 7) is 4.53. The summed E-state index contributed by atoms with van der Waals surface area (Å²) < 4.78 is 1.47. The molecule has 98 valence electrons. The Bertz CT molecular complexity index is 481. The topological polar surface area (TPSA) is 0 Å². The van der Waals surface area contributed by atoms with E-state index in [-0.39, 0.29) is 0 Å². The lowest BCUT2D eigenvalue weighted by molar-refractivity contribution is 0.633. The van der Waals surface area contributed by atoms with Crippen molar-refractivity contribution >= 4 is 21.4 Å². The second kappa shape index (κ2) is 6.94. The Balaban J connectivity index is 2.04. The second-order valence-electron chi connectivity index (χ2n) is 5.11. The fourth-order valence-electron chi connectivity index (χ4n) is 2.54. The van der Waals surface area contributed by atoms with E-state index in [0.717, 1.165) is 6.42 Å². The number of fused-ring (bicyclic) bond motifs is 1. The molecule has 0 N–H and O–H groups in total. The molecule has 0 aliphatic carbocycles. The highest BCUT2D eigenvalue weighted by molar-refractivity contribution is 7.17. The van der Waals surface area contributed by atoms with Gasteiger partial charge < -0.3 is 0 Å². The van der Waals surface area contributed by atoms with Crippen LogP contribution in [0.3, 0.4) is 0 Å². The molecule has 0 fully saturated rings. The summed E-state index contributed by atoms with van der Waals surface area (Å²) in [5.74, 6) is 0. The molecule has 0 radical (unpaired) electrons. The number of unbranched alkanes of at least 4 members (excludes halogenated alkanes) is 4. The van der Waals surface area contributed by atoms with Crippen molar-refractivity contribution in [2.45, 2.75) is 58.8 Å². The van der Waals surface area contributed by atoms with Crippen LogP contribution < -0.4 is 0 Å². The molecule has 1 aromatic carbocycles. The van der Waals surface area contributed by atoms with Gasteiger partial charge in [0.05, 0.1) is 0 Å². The maximum absolute atomic E-state index is 2.43. The average Bonchev–Trinajstić information content (AvgIpc) is 2.86. The van der Waals surface area contributed by atoms with Crippen molar-refractivity contribution in [3.63, 3.8) is 0 Å². The third kappa shape index (κ3) is 3.35. The number of thiophene rings is 1. The van der Waals surface area contributed by atoms with Crippen LogP contribution in [0.1, 0.15) is 57.1 Å². The van der Waals surface area contributed by atoms with Gasteiger partial charge in [-0.3, -0.25) is 0 Å². The van der Waals surface area contributed by atoms with E-state index in [4.69, 9.17) is 0 Å². The largest absolute Gasteiger partial charge is 0.144 e. The number of rotatable bonds is 7. The lowest BCUT2D eigenvalue weighted by atomic mass is 9.99. The highest BCUT2D eigenvalue weighted by atomic mass is 32.1. The number of aryl methyl sites for hydroxylation is 2. The third-order valence-corrected chi connectivity index (χ3v) is 4.54. The molecular formula is C17H24S. The molecule has 0 aliphatic rings. The first-order chi connectivity index (χ1) is 8.85. The molecule has 1 aromatic heterocycles. The van der Waals surface area contributed by atoms with Crippen molar-refractivity contribution in [1.82, 2.24) is 0 Å². The number of hydrogen-bond donors (Lipinski definition) is 0. The Morgan fingerprint density at radius 2 is 1.83 bits per heavy atom. The van der Waals surface area contributed by atoms with Gasteiger partial charge in [-0.25, -0.2) is 0 Å². The standard InChI is InChI=1S/C17H24S/c1-3-5-6-7-8-9-15-12-14(4-2)13-17-16(15)10-11-18-17/h10-13H,3-9H2,1-2H3. The van der Waals surface area contributed by atoms with E-state index in [1.54, 1.807) is 5.56 Å². The van der Waals surface area contributed by atoms with Gasteiger partial charge in [-0.2, -0.15) is 0 Å². The quantitative estimate of drug-likeness (QED) is 0.537. The monoisotopic (exact) mass is 260 g/mol. The minimum atomic E-state index is 1.15. The Hall–Kier alpha value is -0.820. The van der Waals surface area contributed by atoms with Crippen molar-refractivity contribution in [3.05, 3.63) is 34.7 Å². The lowest BCUT2D eigenvalue weighted by Gasteiger charge is -2.07. The highest BCUT2D eigenvalue weighted by Gasteiger charge is 2.04. The summed E-state index contributed by atoms with van der Waals surface area (Å²) >= 11 is 1.88. The average molecular weight is 260 g/mol. The van der Waals surface area contributed by atoms with E-state index in [0.29, 0.717) is 0 Å². The summed E-state index contributed by atoms with van der Waals surface area (Å²) in [5.41, 5.74) is 3.07. The van der Waals surface area contributed by atoms with Crippen molar-refractivity contribution in [2.75, 3.05) is 0 Å². The number of benzene rings is 1. The van der Waals surface area contributed by atoms with Gasteiger partial charge in [0.2, 0.25) is 0 Å². The zero-order chi connectivity index (χ0) is 12.8. The van der Waals surface area contributed by atoms with Crippen LogP contribution in [-0.2, 0) is 12.8 Å². The van der Waals surface area contributed by atoms with E-state index in [1.807, 2.05) is 11.3 Å². The zero-order valence-corrected chi connectivity index (χ0v) is 12.5. The molecule has 0 atom stereocenters. The smallest absolute Gasteiger partial charge is 0.0348 e.